The molecule has 0 unspecified atom stereocenters. The van der Waals surface area contributed by atoms with Crippen LogP contribution in [0.25, 0.3) is 6.08 Å². The van der Waals surface area contributed by atoms with Crippen LogP contribution in [0.1, 0.15) is 5.56 Å². The van der Waals surface area contributed by atoms with E-state index in [1.165, 1.54) is 31.4 Å². The molecule has 4 nitrogen and oxygen atoms in total. The molecule has 1 aromatic rings. The van der Waals surface area contributed by atoms with Gasteiger partial charge in [-0.1, -0.05) is 0 Å². The molecule has 0 aliphatic heterocycles. The van der Waals surface area contributed by atoms with Gasteiger partial charge in [0.2, 0.25) is 0 Å². The number of benzene rings is 1. The van der Waals surface area contributed by atoms with E-state index in [1.54, 1.807) is 0 Å². The third-order valence-electron chi connectivity index (χ3n) is 1.84. The predicted octanol–water partition coefficient (Wildman–Crippen LogP) is 2.39. The fraction of sp³-hybridized carbons (Fsp3) is 0.182. The second-order valence-electron chi connectivity index (χ2n) is 2.95. The average molecular weight is 244 g/mol. The molecule has 0 amide bonds. The lowest BCUT2D eigenvalue weighted by Crippen LogP contribution is -2.03. The summed E-state index contributed by atoms with van der Waals surface area (Å²) in [5, 5.41) is 8.45. The van der Waals surface area contributed by atoms with Gasteiger partial charge < -0.3 is 14.6 Å². The number of hydrogen-bond donors (Lipinski definition) is 1. The van der Waals surface area contributed by atoms with Gasteiger partial charge in [-0.05, 0) is 18.2 Å². The van der Waals surface area contributed by atoms with Gasteiger partial charge in [-0.3, -0.25) is 0 Å². The van der Waals surface area contributed by atoms with Gasteiger partial charge in [0, 0.05) is 17.7 Å². The third-order valence-corrected chi connectivity index (χ3v) is 1.84. The number of rotatable bonds is 5. The molecule has 1 rings (SSSR count). The van der Waals surface area contributed by atoms with Gasteiger partial charge in [-0.2, -0.15) is 8.78 Å². The number of aliphatic carboxylic acids is 1. The number of methoxy groups -OCH3 is 1. The van der Waals surface area contributed by atoms with E-state index in [9.17, 15) is 13.6 Å². The van der Waals surface area contributed by atoms with Crippen LogP contribution in [0.4, 0.5) is 8.78 Å². The number of hydrogen-bond acceptors (Lipinski definition) is 3. The van der Waals surface area contributed by atoms with Crippen LogP contribution in [0.5, 0.6) is 11.5 Å². The molecular weight excluding hydrogens is 234 g/mol. The van der Waals surface area contributed by atoms with Crippen LogP contribution in [-0.2, 0) is 4.79 Å². The maximum atomic E-state index is 12.1. The van der Waals surface area contributed by atoms with Crippen LogP contribution in [0, 0.1) is 0 Å². The molecule has 0 bridgehead atoms. The Morgan fingerprint density at radius 3 is 2.71 bits per heavy atom. The van der Waals surface area contributed by atoms with E-state index in [4.69, 9.17) is 9.84 Å². The van der Waals surface area contributed by atoms with Crippen molar-refractivity contribution in [2.24, 2.45) is 0 Å². The van der Waals surface area contributed by atoms with Crippen LogP contribution in [-0.4, -0.2) is 24.8 Å². The normalized spacial score (nSPS) is 10.8. The Morgan fingerprint density at radius 2 is 2.18 bits per heavy atom. The zero-order chi connectivity index (χ0) is 12.8. The Hall–Kier alpha value is -2.11. The summed E-state index contributed by atoms with van der Waals surface area (Å²) in [6.45, 7) is -2.99. The molecule has 0 aromatic heterocycles. The molecule has 0 radical (unpaired) electrons. The largest absolute Gasteiger partial charge is 0.497 e. The summed E-state index contributed by atoms with van der Waals surface area (Å²) in [5.74, 6) is -0.978. The SMILES string of the molecule is COc1ccc(/C=C/C(=O)O)c(OC(F)F)c1. The highest BCUT2D eigenvalue weighted by Crippen LogP contribution is 2.27. The van der Waals surface area contributed by atoms with Gasteiger partial charge in [-0.25, -0.2) is 4.79 Å². The number of alkyl halides is 2. The first-order chi connectivity index (χ1) is 8.02. The number of carboxylic acids is 1. The molecule has 1 N–H and O–H groups in total. The van der Waals surface area contributed by atoms with Crippen molar-refractivity contribution in [3.05, 3.63) is 29.8 Å². The molecular formula is C11H10F2O4. The van der Waals surface area contributed by atoms with Gasteiger partial charge in [0.05, 0.1) is 7.11 Å². The maximum Gasteiger partial charge on any atom is 0.387 e. The van der Waals surface area contributed by atoms with Gasteiger partial charge >= 0.3 is 12.6 Å². The summed E-state index contributed by atoms with van der Waals surface area (Å²) in [5.41, 5.74) is 0.230. The first-order valence-electron chi connectivity index (χ1n) is 4.57. The van der Waals surface area contributed by atoms with Crippen molar-refractivity contribution in [2.45, 2.75) is 6.61 Å². The van der Waals surface area contributed by atoms with Gasteiger partial charge in [0.1, 0.15) is 11.5 Å². The average Bonchev–Trinajstić information content (AvgIpc) is 2.26. The molecule has 92 valence electrons. The number of carboxylic acid groups (broad SMARTS) is 1. The van der Waals surface area contributed by atoms with Crippen molar-refractivity contribution in [3.8, 4) is 11.5 Å². The minimum atomic E-state index is -2.99. The first kappa shape index (κ1) is 13.0. The summed E-state index contributed by atoms with van der Waals surface area (Å²) in [7, 11) is 1.38. The molecule has 0 aliphatic carbocycles. The van der Waals surface area contributed by atoms with Crippen LogP contribution < -0.4 is 9.47 Å². The summed E-state index contributed by atoms with van der Waals surface area (Å²) in [6, 6.07) is 4.20. The van der Waals surface area contributed by atoms with Gasteiger partial charge in [0.15, 0.2) is 0 Å². The van der Waals surface area contributed by atoms with Crippen molar-refractivity contribution >= 4 is 12.0 Å². The Morgan fingerprint density at radius 1 is 1.47 bits per heavy atom. The number of halogens is 2. The predicted molar refractivity (Wildman–Crippen MR) is 56.3 cm³/mol. The topological polar surface area (TPSA) is 55.8 Å². The lowest BCUT2D eigenvalue weighted by molar-refractivity contribution is -0.131. The summed E-state index contributed by atoms with van der Waals surface area (Å²) < 4.78 is 33.4. The van der Waals surface area contributed by atoms with Crippen LogP contribution in [0.15, 0.2) is 24.3 Å². The van der Waals surface area contributed by atoms with Gasteiger partial charge in [-0.15, -0.1) is 0 Å². The zero-order valence-electron chi connectivity index (χ0n) is 8.89. The Balaban J connectivity index is 3.05. The highest BCUT2D eigenvalue weighted by atomic mass is 19.3. The first-order valence-corrected chi connectivity index (χ1v) is 4.57. The standard InChI is InChI=1S/C11H10F2O4/c1-16-8-4-2-7(3-5-10(14)15)9(6-8)17-11(12)13/h2-6,11H,1H3,(H,14,15)/b5-3+. The zero-order valence-corrected chi connectivity index (χ0v) is 8.89. The second kappa shape index (κ2) is 5.83. The molecule has 0 atom stereocenters. The summed E-state index contributed by atoms with van der Waals surface area (Å²) in [4.78, 5) is 10.3. The summed E-state index contributed by atoms with van der Waals surface area (Å²) >= 11 is 0. The highest BCUT2D eigenvalue weighted by Gasteiger charge is 2.09. The number of carbonyl (C=O) groups is 1. The monoisotopic (exact) mass is 244 g/mol. The molecule has 0 aliphatic rings. The Kier molecular flexibility index (Phi) is 4.45. The molecule has 0 saturated heterocycles. The van der Waals surface area contributed by atoms with Crippen molar-refractivity contribution in [1.82, 2.24) is 0 Å². The van der Waals surface area contributed by atoms with Gasteiger partial charge in [0.25, 0.3) is 0 Å². The van der Waals surface area contributed by atoms with E-state index >= 15 is 0 Å². The summed E-state index contributed by atoms with van der Waals surface area (Å²) in [6.07, 6.45) is 2.00. The van der Waals surface area contributed by atoms with E-state index in [0.29, 0.717) is 5.75 Å². The van der Waals surface area contributed by atoms with Crippen molar-refractivity contribution in [3.63, 3.8) is 0 Å². The molecule has 0 heterocycles. The van der Waals surface area contributed by atoms with Crippen LogP contribution >= 0.6 is 0 Å². The second-order valence-corrected chi connectivity index (χ2v) is 2.95. The van der Waals surface area contributed by atoms with Crippen molar-refractivity contribution in [2.75, 3.05) is 7.11 Å². The third kappa shape index (κ3) is 4.10. The minimum Gasteiger partial charge on any atom is -0.497 e. The van der Waals surface area contributed by atoms with E-state index in [-0.39, 0.29) is 11.3 Å². The molecule has 6 heteroatoms. The van der Waals surface area contributed by atoms with E-state index in [0.717, 1.165) is 6.08 Å². The fourth-order valence-electron chi connectivity index (χ4n) is 1.14. The number of ether oxygens (including phenoxy) is 2. The van der Waals surface area contributed by atoms with Crippen LogP contribution in [0.3, 0.4) is 0 Å². The van der Waals surface area contributed by atoms with E-state index < -0.39 is 12.6 Å². The fourth-order valence-corrected chi connectivity index (χ4v) is 1.14. The molecule has 17 heavy (non-hydrogen) atoms. The molecule has 0 fully saturated rings. The Bertz CT molecular complexity index is 429. The lowest BCUT2D eigenvalue weighted by Gasteiger charge is -2.09. The smallest absolute Gasteiger partial charge is 0.387 e. The molecule has 0 spiro atoms. The lowest BCUT2D eigenvalue weighted by atomic mass is 10.2. The quantitative estimate of drug-likeness (QED) is 0.808. The highest BCUT2D eigenvalue weighted by molar-refractivity contribution is 5.86. The maximum absolute atomic E-state index is 12.1. The van der Waals surface area contributed by atoms with Crippen LogP contribution in [0.2, 0.25) is 0 Å². The Labute approximate surface area is 96.1 Å². The molecule has 1 aromatic carbocycles. The van der Waals surface area contributed by atoms with Crippen molar-refractivity contribution < 1.29 is 28.2 Å². The molecule has 0 saturated carbocycles. The van der Waals surface area contributed by atoms with E-state index in [2.05, 4.69) is 4.74 Å². The van der Waals surface area contributed by atoms with E-state index in [1.807, 2.05) is 0 Å². The minimum absolute atomic E-state index is 0.142. The van der Waals surface area contributed by atoms with Crippen molar-refractivity contribution in [1.29, 1.82) is 0 Å².